The fourth-order valence-corrected chi connectivity index (χ4v) is 6.02. The smallest absolute Gasteiger partial charge is 0.239 e. The fourth-order valence-electron chi connectivity index (χ4n) is 3.25. The van der Waals surface area contributed by atoms with Crippen molar-refractivity contribution >= 4 is 37.1 Å². The van der Waals surface area contributed by atoms with Crippen LogP contribution in [-0.2, 0) is 31.1 Å². The number of carbonyl (C=O) groups excluding carboxylic acids is 1. The molecule has 1 saturated heterocycles. The third kappa shape index (κ3) is 6.04. The summed E-state index contributed by atoms with van der Waals surface area (Å²) in [6, 6.07) is 15.9. The van der Waals surface area contributed by atoms with Crippen molar-refractivity contribution in [3.05, 3.63) is 60.2 Å². The molecule has 156 valence electrons. The normalized spacial score (nSPS) is 15.9. The molecule has 9 heteroatoms. The molecule has 0 bridgehead atoms. The monoisotopic (exact) mass is 436 g/mol. The predicted octanol–water partition coefficient (Wildman–Crippen LogP) is 2.21. The maximum absolute atomic E-state index is 12.2. The summed E-state index contributed by atoms with van der Waals surface area (Å²) in [7, 11) is -6.77. The lowest BCUT2D eigenvalue weighted by molar-refractivity contribution is -0.113. The molecule has 0 radical (unpaired) electrons. The third-order valence-corrected chi connectivity index (χ3v) is 8.14. The third-order valence-electron chi connectivity index (χ3n) is 4.65. The highest BCUT2D eigenvalue weighted by atomic mass is 32.2. The van der Waals surface area contributed by atoms with Gasteiger partial charge >= 0.3 is 0 Å². The first-order valence-electron chi connectivity index (χ1n) is 9.40. The first kappa shape index (κ1) is 21.3. The molecule has 2 aromatic rings. The van der Waals surface area contributed by atoms with Gasteiger partial charge in [0.05, 0.1) is 17.2 Å². The number of anilines is 2. The Hall–Kier alpha value is -2.39. The summed E-state index contributed by atoms with van der Waals surface area (Å²) in [5, 5.41) is 2.56. The quantitative estimate of drug-likeness (QED) is 0.684. The van der Waals surface area contributed by atoms with Gasteiger partial charge in [0.2, 0.25) is 15.9 Å². The summed E-state index contributed by atoms with van der Waals surface area (Å²) < 4.78 is 49.6. The number of hydrogen-bond acceptors (Lipinski definition) is 5. The van der Waals surface area contributed by atoms with E-state index in [9.17, 15) is 21.6 Å². The second-order valence-corrected chi connectivity index (χ2v) is 11.2. The second-order valence-electron chi connectivity index (χ2n) is 7.02. The molecule has 0 aromatic heterocycles. The number of rotatable bonds is 8. The zero-order valence-corrected chi connectivity index (χ0v) is 17.6. The van der Waals surface area contributed by atoms with Crippen LogP contribution in [-0.4, -0.2) is 46.5 Å². The summed E-state index contributed by atoms with van der Waals surface area (Å²) >= 11 is 0. The minimum absolute atomic E-state index is 0.0545. The van der Waals surface area contributed by atoms with Gasteiger partial charge in [-0.2, -0.15) is 0 Å². The molecule has 0 spiro atoms. The van der Waals surface area contributed by atoms with Crippen LogP contribution < -0.4 is 9.62 Å². The highest BCUT2D eigenvalue weighted by Gasteiger charge is 2.28. The molecule has 3 rings (SSSR count). The van der Waals surface area contributed by atoms with E-state index >= 15 is 0 Å². The highest BCUT2D eigenvalue weighted by molar-refractivity contribution is 7.93. The SMILES string of the molecule is O=C(CS(=O)(=O)CCCc1ccccc1)Nc1ccc(N2CCCS2(=O)=O)cc1. The number of nitrogens with one attached hydrogen (secondary N) is 1. The summed E-state index contributed by atoms with van der Waals surface area (Å²) in [5.74, 6) is -1.11. The number of hydrogen-bond donors (Lipinski definition) is 1. The molecule has 1 amide bonds. The molecular weight excluding hydrogens is 412 g/mol. The van der Waals surface area contributed by atoms with Crippen LogP contribution in [0.5, 0.6) is 0 Å². The van der Waals surface area contributed by atoms with E-state index in [1.165, 1.54) is 4.31 Å². The Morgan fingerprint density at radius 3 is 2.34 bits per heavy atom. The van der Waals surface area contributed by atoms with E-state index in [-0.39, 0.29) is 11.5 Å². The lowest BCUT2D eigenvalue weighted by Gasteiger charge is -2.17. The molecule has 1 fully saturated rings. The van der Waals surface area contributed by atoms with Gasteiger partial charge in [-0.3, -0.25) is 9.10 Å². The highest BCUT2D eigenvalue weighted by Crippen LogP contribution is 2.25. The van der Waals surface area contributed by atoms with Crippen molar-refractivity contribution in [1.29, 1.82) is 0 Å². The first-order valence-corrected chi connectivity index (χ1v) is 12.8. The van der Waals surface area contributed by atoms with E-state index in [2.05, 4.69) is 5.32 Å². The number of carbonyl (C=O) groups is 1. The summed E-state index contributed by atoms with van der Waals surface area (Å²) in [5.41, 5.74) is 2.02. The van der Waals surface area contributed by atoms with Gasteiger partial charge in [0.1, 0.15) is 5.75 Å². The van der Waals surface area contributed by atoms with Crippen molar-refractivity contribution in [2.24, 2.45) is 0 Å². The first-order chi connectivity index (χ1) is 13.8. The van der Waals surface area contributed by atoms with Gasteiger partial charge < -0.3 is 5.32 Å². The van der Waals surface area contributed by atoms with Gasteiger partial charge in [-0.15, -0.1) is 0 Å². The van der Waals surface area contributed by atoms with Gasteiger partial charge in [0.15, 0.2) is 9.84 Å². The lowest BCUT2D eigenvalue weighted by atomic mass is 10.1. The van der Waals surface area contributed by atoms with Gasteiger partial charge in [0, 0.05) is 12.2 Å². The van der Waals surface area contributed by atoms with Crippen molar-refractivity contribution in [3.8, 4) is 0 Å². The zero-order valence-electron chi connectivity index (χ0n) is 16.0. The second kappa shape index (κ2) is 8.96. The summed E-state index contributed by atoms with van der Waals surface area (Å²) in [4.78, 5) is 12.1. The number of amides is 1. The molecule has 1 aliphatic rings. The molecule has 0 atom stereocenters. The fraction of sp³-hybridized carbons (Fsp3) is 0.350. The molecule has 1 N–H and O–H groups in total. The Morgan fingerprint density at radius 1 is 1.03 bits per heavy atom. The summed E-state index contributed by atoms with van der Waals surface area (Å²) in [6.45, 7) is 0.440. The molecule has 0 aliphatic carbocycles. The van der Waals surface area contributed by atoms with E-state index in [0.717, 1.165) is 5.56 Å². The Bertz CT molecular complexity index is 1050. The summed E-state index contributed by atoms with van der Waals surface area (Å²) in [6.07, 6.45) is 1.68. The van der Waals surface area contributed by atoms with E-state index in [0.29, 0.717) is 37.2 Å². The number of nitrogens with zero attached hydrogens (tertiary/aromatic N) is 1. The van der Waals surface area contributed by atoms with Crippen molar-refractivity contribution in [2.45, 2.75) is 19.3 Å². The van der Waals surface area contributed by atoms with Crippen molar-refractivity contribution in [2.75, 3.05) is 33.4 Å². The van der Waals surface area contributed by atoms with Crippen LogP contribution in [0.25, 0.3) is 0 Å². The van der Waals surface area contributed by atoms with Crippen LogP contribution in [0.1, 0.15) is 18.4 Å². The Kier molecular flexibility index (Phi) is 6.59. The maximum Gasteiger partial charge on any atom is 0.239 e. The Morgan fingerprint density at radius 2 is 1.72 bits per heavy atom. The number of sulfonamides is 1. The molecule has 7 nitrogen and oxygen atoms in total. The number of benzene rings is 2. The van der Waals surface area contributed by atoms with Crippen molar-refractivity contribution in [3.63, 3.8) is 0 Å². The van der Waals surface area contributed by atoms with Crippen LogP contribution >= 0.6 is 0 Å². The Labute approximate surface area is 171 Å². The van der Waals surface area contributed by atoms with E-state index in [1.807, 2.05) is 30.3 Å². The standard InChI is InChI=1S/C20H24N2O5S2/c23-20(16-28(24,25)14-4-8-17-6-2-1-3-7-17)21-18-9-11-19(12-10-18)22-13-5-15-29(22,26)27/h1-3,6-7,9-12H,4-5,8,13-16H2,(H,21,23). The molecule has 0 unspecified atom stereocenters. The van der Waals surface area contributed by atoms with Gasteiger partial charge in [-0.1, -0.05) is 30.3 Å². The van der Waals surface area contributed by atoms with E-state index in [4.69, 9.17) is 0 Å². The van der Waals surface area contributed by atoms with Crippen LogP contribution in [0.2, 0.25) is 0 Å². The van der Waals surface area contributed by atoms with E-state index < -0.39 is 31.5 Å². The van der Waals surface area contributed by atoms with Gasteiger partial charge in [-0.05, 0) is 49.1 Å². The Balaban J connectivity index is 1.50. The largest absolute Gasteiger partial charge is 0.325 e. The van der Waals surface area contributed by atoms with Crippen LogP contribution in [0.15, 0.2) is 54.6 Å². The molecule has 1 aliphatic heterocycles. The predicted molar refractivity (Wildman–Crippen MR) is 114 cm³/mol. The van der Waals surface area contributed by atoms with Gasteiger partial charge in [-0.25, -0.2) is 16.8 Å². The minimum atomic E-state index is -3.51. The molecule has 1 heterocycles. The minimum Gasteiger partial charge on any atom is -0.325 e. The number of sulfone groups is 1. The molecular formula is C20H24N2O5S2. The maximum atomic E-state index is 12.2. The van der Waals surface area contributed by atoms with E-state index in [1.54, 1.807) is 24.3 Å². The average Bonchev–Trinajstić information content (AvgIpc) is 3.01. The number of aryl methyl sites for hydroxylation is 1. The van der Waals surface area contributed by atoms with Crippen LogP contribution in [0, 0.1) is 0 Å². The molecule has 0 saturated carbocycles. The zero-order chi connectivity index (χ0) is 20.9. The topological polar surface area (TPSA) is 101 Å². The lowest BCUT2D eigenvalue weighted by Crippen LogP contribution is -2.26. The van der Waals surface area contributed by atoms with Gasteiger partial charge in [0.25, 0.3) is 0 Å². The van der Waals surface area contributed by atoms with Crippen molar-refractivity contribution < 1.29 is 21.6 Å². The molecule has 2 aromatic carbocycles. The average molecular weight is 437 g/mol. The van der Waals surface area contributed by atoms with Crippen LogP contribution in [0.4, 0.5) is 11.4 Å². The van der Waals surface area contributed by atoms with Crippen LogP contribution in [0.3, 0.4) is 0 Å². The van der Waals surface area contributed by atoms with Crippen molar-refractivity contribution in [1.82, 2.24) is 0 Å². The molecule has 29 heavy (non-hydrogen) atoms.